The monoisotopic (exact) mass is 1020 g/mol. The number of nitrogens with zero attached hydrogens (tertiary/aromatic N) is 2. The first-order valence-electron chi connectivity index (χ1n) is 26.6. The minimum absolute atomic E-state index is 0.128. The van der Waals surface area contributed by atoms with Gasteiger partial charge in [0.1, 0.15) is 5.84 Å². The van der Waals surface area contributed by atoms with Gasteiger partial charge in [0.25, 0.3) is 0 Å². The van der Waals surface area contributed by atoms with Gasteiger partial charge in [-0.3, -0.25) is 0 Å². The van der Waals surface area contributed by atoms with E-state index in [2.05, 4.69) is 218 Å². The van der Waals surface area contributed by atoms with Gasteiger partial charge < -0.3 is 5.32 Å². The molecular weight excluding hydrogens is 976 g/mol. The van der Waals surface area contributed by atoms with Crippen molar-refractivity contribution in [3.63, 3.8) is 0 Å². The largest absolute Gasteiger partial charge is 0.417 e. The van der Waals surface area contributed by atoms with Gasteiger partial charge in [-0.1, -0.05) is 249 Å². The van der Waals surface area contributed by atoms with E-state index in [1.165, 1.54) is 33.9 Å². The number of aromatic nitrogens is 1. The summed E-state index contributed by atoms with van der Waals surface area (Å²) in [6.07, 6.45) is -2.58. The van der Waals surface area contributed by atoms with Crippen molar-refractivity contribution in [3.8, 4) is 55.6 Å². The molecule has 2 heterocycles. The highest BCUT2D eigenvalue weighted by Crippen LogP contribution is 2.61. The highest BCUT2D eigenvalue weighted by atomic mass is 19.4. The summed E-state index contributed by atoms with van der Waals surface area (Å²) in [5, 5.41) is 5.10. The number of alkyl halides is 3. The molecule has 12 aromatic rings. The Morgan fingerprint density at radius 1 is 0.367 bits per heavy atom. The summed E-state index contributed by atoms with van der Waals surface area (Å²) in [5.41, 5.74) is 18.0. The molecule has 1 aliphatic heterocycles. The molecule has 0 radical (unpaired) electrons. The molecule has 0 fully saturated rings. The van der Waals surface area contributed by atoms with E-state index in [9.17, 15) is 13.2 Å². The van der Waals surface area contributed by atoms with Gasteiger partial charge in [-0.25, -0.2) is 9.98 Å². The molecule has 0 bridgehead atoms. The van der Waals surface area contributed by atoms with Crippen LogP contribution in [0.2, 0.25) is 0 Å². The number of hydrogen-bond donors (Lipinski definition) is 1. The Balaban J connectivity index is 0.993. The smallest absolute Gasteiger partial charge is 0.339 e. The molecule has 1 aromatic heterocycles. The summed E-state index contributed by atoms with van der Waals surface area (Å²) >= 11 is 0. The van der Waals surface area contributed by atoms with Crippen LogP contribution in [0.4, 0.5) is 24.7 Å². The molecule has 15 rings (SSSR count). The molecule has 3 aliphatic rings. The van der Waals surface area contributed by atoms with E-state index in [4.69, 9.17) is 9.98 Å². The van der Waals surface area contributed by atoms with E-state index < -0.39 is 22.6 Å². The lowest BCUT2D eigenvalue weighted by Crippen LogP contribution is -2.28. The van der Waals surface area contributed by atoms with Crippen LogP contribution in [0.1, 0.15) is 55.6 Å². The standard InChI is InChI=1S/C73H46F3N3/c74-73(75,76)62-39-18-13-30-53(62)52-42-43-65-68-54(52)34-19-36-58(68)70(78-65)79-69-59(55-35-21-41-64-67(55)57-32-15-17-38-61(57)72(64,49-26-9-3-10-27-49)50-28-11-4-12-29-50)44-46(45-77-69)51-33-20-40-63-66(51)56-31-14-16-37-60(56)71(63,47-22-5-1-6-23-47)48-24-7-2-8-25-48/h1-45H,(H,77,78,79). The summed E-state index contributed by atoms with van der Waals surface area (Å²) in [5.74, 6) is 1.06. The zero-order chi connectivity index (χ0) is 52.9. The van der Waals surface area contributed by atoms with Gasteiger partial charge in [0.05, 0.1) is 16.4 Å². The van der Waals surface area contributed by atoms with Gasteiger partial charge in [-0.05, 0) is 113 Å². The maximum Gasteiger partial charge on any atom is 0.417 e. The minimum Gasteiger partial charge on any atom is -0.339 e. The molecule has 374 valence electrons. The third-order valence-electron chi connectivity index (χ3n) is 16.7. The maximum absolute atomic E-state index is 14.6. The van der Waals surface area contributed by atoms with E-state index >= 15 is 0 Å². The third kappa shape index (κ3) is 6.80. The van der Waals surface area contributed by atoms with Crippen LogP contribution in [-0.2, 0) is 17.0 Å². The molecule has 3 nitrogen and oxygen atoms in total. The average Bonchev–Trinajstić information content (AvgIpc) is 3.81. The second kappa shape index (κ2) is 17.8. The van der Waals surface area contributed by atoms with Crippen LogP contribution in [0.25, 0.3) is 66.4 Å². The summed E-state index contributed by atoms with van der Waals surface area (Å²) in [6.45, 7) is 0. The van der Waals surface area contributed by atoms with E-state index in [-0.39, 0.29) is 5.56 Å². The van der Waals surface area contributed by atoms with Crippen LogP contribution in [0, 0.1) is 0 Å². The van der Waals surface area contributed by atoms with Crippen LogP contribution >= 0.6 is 0 Å². The van der Waals surface area contributed by atoms with E-state index in [1.807, 2.05) is 30.5 Å². The summed E-state index contributed by atoms with van der Waals surface area (Å²) in [4.78, 5) is 11.0. The number of rotatable bonds is 8. The summed E-state index contributed by atoms with van der Waals surface area (Å²) in [6, 6.07) is 91.7. The lowest BCUT2D eigenvalue weighted by atomic mass is 9.67. The summed E-state index contributed by atoms with van der Waals surface area (Å²) < 4.78 is 43.7. The van der Waals surface area contributed by atoms with Gasteiger partial charge in [-0.2, -0.15) is 13.2 Å². The molecule has 0 amide bonds. The van der Waals surface area contributed by atoms with Gasteiger partial charge in [0, 0.05) is 34.0 Å². The Bertz CT molecular complexity index is 4360. The number of aliphatic imine (C=N–C) groups is 1. The van der Waals surface area contributed by atoms with Crippen LogP contribution in [0.3, 0.4) is 0 Å². The Hall–Kier alpha value is -9.91. The van der Waals surface area contributed by atoms with Crippen molar-refractivity contribution in [2.75, 3.05) is 5.32 Å². The van der Waals surface area contributed by atoms with Crippen LogP contribution in [0.15, 0.2) is 278 Å². The highest BCUT2D eigenvalue weighted by molar-refractivity contribution is 6.28. The second-order valence-electron chi connectivity index (χ2n) is 20.6. The molecule has 0 saturated carbocycles. The molecule has 2 aliphatic carbocycles. The minimum atomic E-state index is -4.53. The van der Waals surface area contributed by atoms with E-state index in [1.54, 1.807) is 18.2 Å². The molecule has 79 heavy (non-hydrogen) atoms. The average molecular weight is 1020 g/mol. The van der Waals surface area contributed by atoms with Crippen molar-refractivity contribution in [2.24, 2.45) is 4.99 Å². The van der Waals surface area contributed by atoms with Crippen molar-refractivity contribution in [1.29, 1.82) is 0 Å². The Kier molecular flexibility index (Phi) is 10.5. The van der Waals surface area contributed by atoms with Crippen LogP contribution in [0.5, 0.6) is 0 Å². The number of anilines is 1. The van der Waals surface area contributed by atoms with Gasteiger partial charge >= 0.3 is 6.18 Å². The molecule has 6 heteroatoms. The van der Waals surface area contributed by atoms with Gasteiger partial charge in [-0.15, -0.1) is 0 Å². The van der Waals surface area contributed by atoms with Crippen LogP contribution in [-0.4, -0.2) is 10.8 Å². The number of hydrogen-bond acceptors (Lipinski definition) is 2. The zero-order valence-electron chi connectivity index (χ0n) is 42.5. The van der Waals surface area contributed by atoms with Gasteiger partial charge in [0.15, 0.2) is 5.82 Å². The quantitative estimate of drug-likeness (QED) is 0.165. The maximum atomic E-state index is 14.6. The van der Waals surface area contributed by atoms with Crippen LogP contribution < -0.4 is 5.32 Å². The fourth-order valence-corrected chi connectivity index (χ4v) is 13.6. The number of benzene rings is 11. The van der Waals surface area contributed by atoms with E-state index in [0.717, 1.165) is 83.9 Å². The van der Waals surface area contributed by atoms with Gasteiger partial charge in [0.2, 0.25) is 0 Å². The first kappa shape index (κ1) is 46.4. The van der Waals surface area contributed by atoms with Crippen molar-refractivity contribution >= 4 is 28.1 Å². The number of fused-ring (bicyclic) bond motifs is 6. The number of amidine groups is 1. The van der Waals surface area contributed by atoms with Crippen molar-refractivity contribution in [3.05, 3.63) is 329 Å². The predicted octanol–water partition coefficient (Wildman–Crippen LogP) is 18.5. The lowest BCUT2D eigenvalue weighted by molar-refractivity contribution is -0.137. The first-order chi connectivity index (χ1) is 38.8. The predicted molar refractivity (Wildman–Crippen MR) is 314 cm³/mol. The Morgan fingerprint density at radius 2 is 0.810 bits per heavy atom. The number of nitrogens with one attached hydrogen (secondary N) is 1. The SMILES string of the molecule is FC(F)(F)c1ccccc1-c1ccc2c3c(cccc13)C(=Nc1ncc(-c3cccc4c3-c3ccccc3C4(c3ccccc3)c3ccccc3)cc1-c1cccc3c1-c1ccccc1C3(c1ccccc1)c1ccccc1)N2. The van der Waals surface area contributed by atoms with E-state index in [0.29, 0.717) is 22.6 Å². The fourth-order valence-electron chi connectivity index (χ4n) is 13.6. The normalized spacial score (nSPS) is 14.6. The number of pyridine rings is 1. The molecule has 0 unspecified atom stereocenters. The van der Waals surface area contributed by atoms with Crippen molar-refractivity contribution in [1.82, 2.24) is 4.98 Å². The molecule has 11 aromatic carbocycles. The molecule has 0 spiro atoms. The topological polar surface area (TPSA) is 37.3 Å². The molecule has 1 N–H and O–H groups in total. The second-order valence-corrected chi connectivity index (χ2v) is 20.6. The fraction of sp³-hybridized carbons (Fsp3) is 0.0411. The molecular formula is C73H46F3N3. The Labute approximate surface area is 455 Å². The third-order valence-corrected chi connectivity index (χ3v) is 16.7. The van der Waals surface area contributed by atoms with Crippen molar-refractivity contribution in [2.45, 2.75) is 17.0 Å². The molecule has 0 saturated heterocycles. The number of halogens is 3. The van der Waals surface area contributed by atoms with Crippen molar-refractivity contribution < 1.29 is 13.2 Å². The lowest BCUT2D eigenvalue weighted by Gasteiger charge is -2.34. The molecule has 0 atom stereocenters. The first-order valence-corrected chi connectivity index (χ1v) is 26.6. The zero-order valence-corrected chi connectivity index (χ0v) is 42.5. The highest BCUT2D eigenvalue weighted by Gasteiger charge is 2.49. The Morgan fingerprint density at radius 3 is 1.37 bits per heavy atom. The summed E-state index contributed by atoms with van der Waals surface area (Å²) in [7, 11) is 0.